The van der Waals surface area contributed by atoms with E-state index in [1.807, 2.05) is 19.1 Å². The van der Waals surface area contributed by atoms with E-state index in [1.165, 1.54) is 4.90 Å². The van der Waals surface area contributed by atoms with Gasteiger partial charge in [-0.15, -0.1) is 0 Å². The van der Waals surface area contributed by atoms with Gasteiger partial charge in [-0.25, -0.2) is 8.78 Å². The van der Waals surface area contributed by atoms with Crippen molar-refractivity contribution < 1.29 is 18.7 Å². The third-order valence-electron chi connectivity index (χ3n) is 3.09. The number of halogens is 2. The highest BCUT2D eigenvalue weighted by Gasteiger charge is 2.14. The molecule has 0 aromatic heterocycles. The Bertz CT molecular complexity index is 641. The first kappa shape index (κ1) is 15.0. The van der Waals surface area contributed by atoms with E-state index in [9.17, 15) is 13.6 Å². The molecule has 21 heavy (non-hydrogen) atoms. The Balaban J connectivity index is 2.30. The van der Waals surface area contributed by atoms with E-state index in [4.69, 9.17) is 5.11 Å². The number of aliphatic carboxylic acids is 1. The van der Waals surface area contributed by atoms with Crippen molar-refractivity contribution in [2.75, 3.05) is 11.4 Å². The molecule has 0 aliphatic heterocycles. The summed E-state index contributed by atoms with van der Waals surface area (Å²) in [6, 6.07) is 10.4. The number of anilines is 1. The fourth-order valence-corrected chi connectivity index (χ4v) is 2.03. The van der Waals surface area contributed by atoms with Crippen LogP contribution in [0.25, 0.3) is 0 Å². The SMILES string of the molecule is Cc1ccc(N(CC(=O)O)Cc2cc(F)ccc2F)cc1. The van der Waals surface area contributed by atoms with E-state index in [0.29, 0.717) is 5.69 Å². The summed E-state index contributed by atoms with van der Waals surface area (Å²) in [5, 5.41) is 8.99. The number of rotatable bonds is 5. The smallest absolute Gasteiger partial charge is 0.323 e. The highest BCUT2D eigenvalue weighted by atomic mass is 19.1. The molecule has 0 saturated carbocycles. The van der Waals surface area contributed by atoms with E-state index in [-0.39, 0.29) is 18.7 Å². The quantitative estimate of drug-likeness (QED) is 0.918. The lowest BCUT2D eigenvalue weighted by atomic mass is 10.1. The van der Waals surface area contributed by atoms with Crippen molar-refractivity contribution in [1.29, 1.82) is 0 Å². The van der Waals surface area contributed by atoms with Crippen LogP contribution in [0.3, 0.4) is 0 Å². The van der Waals surface area contributed by atoms with E-state index >= 15 is 0 Å². The molecule has 0 amide bonds. The van der Waals surface area contributed by atoms with Crippen LogP contribution >= 0.6 is 0 Å². The standard InChI is InChI=1S/C16H15F2NO2/c1-11-2-5-14(6-3-11)19(10-16(20)21)9-12-8-13(17)4-7-15(12)18/h2-8H,9-10H2,1H3,(H,20,21). The van der Waals surface area contributed by atoms with Gasteiger partial charge in [0.1, 0.15) is 18.2 Å². The molecular formula is C16H15F2NO2. The van der Waals surface area contributed by atoms with E-state index in [2.05, 4.69) is 0 Å². The van der Waals surface area contributed by atoms with Gasteiger partial charge in [0.05, 0.1) is 0 Å². The van der Waals surface area contributed by atoms with Crippen LogP contribution in [0.1, 0.15) is 11.1 Å². The van der Waals surface area contributed by atoms with Crippen molar-refractivity contribution in [3.05, 3.63) is 65.2 Å². The molecule has 0 radical (unpaired) electrons. The lowest BCUT2D eigenvalue weighted by molar-refractivity contribution is -0.135. The molecule has 0 aliphatic carbocycles. The van der Waals surface area contributed by atoms with Gasteiger partial charge >= 0.3 is 5.97 Å². The summed E-state index contributed by atoms with van der Waals surface area (Å²) in [5.74, 6) is -2.14. The molecule has 1 N–H and O–H groups in total. The molecule has 5 heteroatoms. The molecule has 2 rings (SSSR count). The predicted molar refractivity (Wildman–Crippen MR) is 76.2 cm³/mol. The maximum atomic E-state index is 13.7. The molecule has 0 saturated heterocycles. The highest BCUT2D eigenvalue weighted by molar-refractivity contribution is 5.73. The lowest BCUT2D eigenvalue weighted by Gasteiger charge is -2.23. The molecule has 0 fully saturated rings. The number of benzene rings is 2. The van der Waals surface area contributed by atoms with Crippen LogP contribution in [0, 0.1) is 18.6 Å². The zero-order chi connectivity index (χ0) is 15.4. The van der Waals surface area contributed by atoms with Gasteiger partial charge in [-0.2, -0.15) is 0 Å². The summed E-state index contributed by atoms with van der Waals surface area (Å²) >= 11 is 0. The van der Waals surface area contributed by atoms with Crippen LogP contribution in [0.2, 0.25) is 0 Å². The van der Waals surface area contributed by atoms with Gasteiger partial charge in [0, 0.05) is 17.8 Å². The first-order valence-electron chi connectivity index (χ1n) is 6.43. The number of nitrogens with zero attached hydrogens (tertiary/aromatic N) is 1. The minimum atomic E-state index is -1.03. The molecule has 2 aromatic rings. The number of aryl methyl sites for hydroxylation is 1. The average molecular weight is 291 g/mol. The van der Waals surface area contributed by atoms with Crippen LogP contribution in [0.15, 0.2) is 42.5 Å². The van der Waals surface area contributed by atoms with Gasteiger partial charge in [0.25, 0.3) is 0 Å². The fraction of sp³-hybridized carbons (Fsp3) is 0.188. The van der Waals surface area contributed by atoms with Crippen molar-refractivity contribution in [3.8, 4) is 0 Å². The van der Waals surface area contributed by atoms with Gasteiger partial charge in [-0.1, -0.05) is 17.7 Å². The topological polar surface area (TPSA) is 40.5 Å². The molecule has 3 nitrogen and oxygen atoms in total. The van der Waals surface area contributed by atoms with Crippen molar-refractivity contribution in [3.63, 3.8) is 0 Å². The number of hydrogen-bond donors (Lipinski definition) is 1. The Morgan fingerprint density at radius 3 is 2.43 bits per heavy atom. The molecule has 2 aromatic carbocycles. The van der Waals surface area contributed by atoms with E-state index in [0.717, 1.165) is 23.8 Å². The molecule has 0 unspecified atom stereocenters. The Morgan fingerprint density at radius 2 is 1.81 bits per heavy atom. The van der Waals surface area contributed by atoms with E-state index < -0.39 is 17.6 Å². The maximum Gasteiger partial charge on any atom is 0.323 e. The Labute approximate surface area is 121 Å². The number of carbonyl (C=O) groups is 1. The summed E-state index contributed by atoms with van der Waals surface area (Å²) in [6.07, 6.45) is 0. The van der Waals surface area contributed by atoms with Crippen LogP contribution < -0.4 is 4.90 Å². The second-order valence-corrected chi connectivity index (χ2v) is 4.82. The predicted octanol–water partition coefficient (Wildman–Crippen LogP) is 3.36. The zero-order valence-electron chi connectivity index (χ0n) is 11.5. The van der Waals surface area contributed by atoms with Crippen LogP contribution in [0.4, 0.5) is 14.5 Å². The zero-order valence-corrected chi connectivity index (χ0v) is 11.5. The second kappa shape index (κ2) is 6.35. The van der Waals surface area contributed by atoms with Gasteiger partial charge < -0.3 is 10.0 Å². The Hall–Kier alpha value is -2.43. The fourth-order valence-electron chi connectivity index (χ4n) is 2.03. The highest BCUT2D eigenvalue weighted by Crippen LogP contribution is 2.20. The molecule has 0 aliphatic rings. The number of carboxylic acids is 1. The minimum Gasteiger partial charge on any atom is -0.480 e. The summed E-state index contributed by atoms with van der Waals surface area (Å²) in [5.41, 5.74) is 1.80. The third-order valence-corrected chi connectivity index (χ3v) is 3.09. The summed E-state index contributed by atoms with van der Waals surface area (Å²) < 4.78 is 26.9. The van der Waals surface area contributed by atoms with Crippen molar-refractivity contribution in [2.24, 2.45) is 0 Å². The van der Waals surface area contributed by atoms with E-state index in [1.54, 1.807) is 12.1 Å². The largest absolute Gasteiger partial charge is 0.480 e. The number of carboxylic acid groups (broad SMARTS) is 1. The second-order valence-electron chi connectivity index (χ2n) is 4.82. The molecule has 0 atom stereocenters. The molecular weight excluding hydrogens is 276 g/mol. The third kappa shape index (κ3) is 4.02. The van der Waals surface area contributed by atoms with Gasteiger partial charge in [0.15, 0.2) is 0 Å². The molecule has 110 valence electrons. The normalized spacial score (nSPS) is 10.4. The van der Waals surface area contributed by atoms with Gasteiger partial charge in [-0.3, -0.25) is 4.79 Å². The monoisotopic (exact) mass is 291 g/mol. The summed E-state index contributed by atoms with van der Waals surface area (Å²) in [7, 11) is 0. The van der Waals surface area contributed by atoms with Gasteiger partial charge in [-0.05, 0) is 37.3 Å². The maximum absolute atomic E-state index is 13.7. The van der Waals surface area contributed by atoms with Gasteiger partial charge in [0.2, 0.25) is 0 Å². The lowest BCUT2D eigenvalue weighted by Crippen LogP contribution is -2.29. The first-order valence-corrected chi connectivity index (χ1v) is 6.43. The first-order chi connectivity index (χ1) is 9.95. The van der Waals surface area contributed by atoms with Crippen molar-refractivity contribution >= 4 is 11.7 Å². The molecule has 0 bridgehead atoms. The average Bonchev–Trinajstić information content (AvgIpc) is 2.42. The summed E-state index contributed by atoms with van der Waals surface area (Å²) in [4.78, 5) is 12.5. The minimum absolute atomic E-state index is 0.0149. The number of hydrogen-bond acceptors (Lipinski definition) is 2. The molecule has 0 spiro atoms. The van der Waals surface area contributed by atoms with Crippen LogP contribution in [0.5, 0.6) is 0 Å². The van der Waals surface area contributed by atoms with Crippen LogP contribution in [-0.4, -0.2) is 17.6 Å². The summed E-state index contributed by atoms with van der Waals surface area (Å²) in [6.45, 7) is 1.61. The van der Waals surface area contributed by atoms with Crippen molar-refractivity contribution in [1.82, 2.24) is 0 Å². The molecule has 0 heterocycles. The Morgan fingerprint density at radius 1 is 1.14 bits per heavy atom. The Kier molecular flexibility index (Phi) is 4.52. The van der Waals surface area contributed by atoms with Crippen molar-refractivity contribution in [2.45, 2.75) is 13.5 Å². The van der Waals surface area contributed by atoms with Crippen LogP contribution in [-0.2, 0) is 11.3 Å².